The number of rotatable bonds is 6. The van der Waals surface area contributed by atoms with E-state index in [9.17, 15) is 9.59 Å². The number of thiophene rings is 1. The summed E-state index contributed by atoms with van der Waals surface area (Å²) in [6.07, 6.45) is 0.134. The van der Waals surface area contributed by atoms with Crippen molar-refractivity contribution < 1.29 is 14.7 Å². The third-order valence-corrected chi connectivity index (χ3v) is 4.49. The third-order valence-electron chi connectivity index (χ3n) is 3.63. The normalized spacial score (nSPS) is 17.7. The molecule has 1 aliphatic rings. The van der Waals surface area contributed by atoms with Gasteiger partial charge in [-0.1, -0.05) is 6.07 Å². The summed E-state index contributed by atoms with van der Waals surface area (Å²) >= 11 is 1.74. The van der Waals surface area contributed by atoms with Gasteiger partial charge in [0.15, 0.2) is 0 Å². The van der Waals surface area contributed by atoms with Gasteiger partial charge >= 0.3 is 5.97 Å². The van der Waals surface area contributed by atoms with Crippen LogP contribution in [0.5, 0.6) is 0 Å². The lowest BCUT2D eigenvalue weighted by atomic mass is 10.1. The minimum absolute atomic E-state index is 0.0642. The number of nitrogens with two attached hydrogens (primary N) is 1. The lowest BCUT2D eigenvalue weighted by Crippen LogP contribution is -2.52. The highest BCUT2D eigenvalue weighted by Crippen LogP contribution is 2.14. The lowest BCUT2D eigenvalue weighted by Gasteiger charge is -2.35. The number of carboxylic acid groups (broad SMARTS) is 1. The van der Waals surface area contributed by atoms with E-state index in [1.807, 2.05) is 6.07 Å². The van der Waals surface area contributed by atoms with E-state index in [0.29, 0.717) is 13.1 Å². The maximum atomic E-state index is 12.1. The Morgan fingerprint density at radius 2 is 2.05 bits per heavy atom. The van der Waals surface area contributed by atoms with Gasteiger partial charge in [0.2, 0.25) is 5.91 Å². The molecule has 1 fully saturated rings. The van der Waals surface area contributed by atoms with Crippen molar-refractivity contribution in [3.05, 3.63) is 22.4 Å². The van der Waals surface area contributed by atoms with Crippen molar-refractivity contribution in [1.29, 1.82) is 0 Å². The van der Waals surface area contributed by atoms with Crippen LogP contribution in [0.2, 0.25) is 0 Å². The summed E-state index contributed by atoms with van der Waals surface area (Å²) in [5.41, 5.74) is 5.77. The molecule has 1 saturated heterocycles. The van der Waals surface area contributed by atoms with E-state index in [0.717, 1.165) is 19.6 Å². The van der Waals surface area contributed by atoms with Gasteiger partial charge in [0, 0.05) is 44.0 Å². The van der Waals surface area contributed by atoms with Crippen molar-refractivity contribution in [3.8, 4) is 0 Å². The first-order chi connectivity index (χ1) is 10.1. The molecule has 0 bridgehead atoms. The van der Waals surface area contributed by atoms with Crippen LogP contribution in [0.25, 0.3) is 0 Å². The van der Waals surface area contributed by atoms with Gasteiger partial charge in [-0.05, 0) is 17.9 Å². The molecule has 2 rings (SSSR count). The van der Waals surface area contributed by atoms with Gasteiger partial charge in [-0.15, -0.1) is 11.3 Å². The van der Waals surface area contributed by atoms with Crippen molar-refractivity contribution in [2.24, 2.45) is 5.73 Å². The largest absolute Gasteiger partial charge is 0.481 e. The van der Waals surface area contributed by atoms with Gasteiger partial charge in [-0.25, -0.2) is 0 Å². The van der Waals surface area contributed by atoms with Crippen LogP contribution >= 0.6 is 11.3 Å². The quantitative estimate of drug-likeness (QED) is 0.803. The lowest BCUT2D eigenvalue weighted by molar-refractivity contribution is -0.138. The number of carboxylic acids is 1. The molecular weight excluding hydrogens is 290 g/mol. The van der Waals surface area contributed by atoms with E-state index in [1.165, 1.54) is 4.88 Å². The number of amides is 1. The maximum Gasteiger partial charge on any atom is 0.303 e. The van der Waals surface area contributed by atoms with E-state index in [-0.39, 0.29) is 18.7 Å². The van der Waals surface area contributed by atoms with Crippen LogP contribution < -0.4 is 5.73 Å². The summed E-state index contributed by atoms with van der Waals surface area (Å²) in [6, 6.07) is 3.45. The number of piperazine rings is 1. The second-order valence-corrected chi connectivity index (χ2v) is 6.25. The Balaban J connectivity index is 1.75. The van der Waals surface area contributed by atoms with Gasteiger partial charge in [0.05, 0.1) is 6.04 Å². The van der Waals surface area contributed by atoms with Crippen molar-refractivity contribution in [1.82, 2.24) is 9.80 Å². The van der Waals surface area contributed by atoms with Crippen molar-refractivity contribution in [3.63, 3.8) is 0 Å². The van der Waals surface area contributed by atoms with Crippen LogP contribution in [-0.4, -0.2) is 59.0 Å². The van der Waals surface area contributed by atoms with E-state index in [1.54, 1.807) is 16.2 Å². The molecule has 1 atom stereocenters. The van der Waals surface area contributed by atoms with Gasteiger partial charge in [-0.3, -0.25) is 14.5 Å². The Morgan fingerprint density at radius 3 is 2.62 bits per heavy atom. The van der Waals surface area contributed by atoms with Gasteiger partial charge in [-0.2, -0.15) is 0 Å². The molecule has 6 nitrogen and oxygen atoms in total. The highest BCUT2D eigenvalue weighted by atomic mass is 32.1. The first-order valence-electron chi connectivity index (χ1n) is 7.07. The molecule has 116 valence electrons. The molecular formula is C14H21N3O3S. The second-order valence-electron chi connectivity index (χ2n) is 5.22. The Labute approximate surface area is 128 Å². The molecule has 0 radical (unpaired) electrons. The van der Waals surface area contributed by atoms with Crippen molar-refractivity contribution in [2.75, 3.05) is 26.2 Å². The smallest absolute Gasteiger partial charge is 0.303 e. The van der Waals surface area contributed by atoms with Crippen LogP contribution in [-0.2, 0) is 16.1 Å². The number of hydrogen-bond acceptors (Lipinski definition) is 5. The summed E-state index contributed by atoms with van der Waals surface area (Å²) < 4.78 is 0. The average molecular weight is 311 g/mol. The predicted octanol–water partition coefficient (Wildman–Crippen LogP) is 0.584. The number of carbonyl (C=O) groups excluding carboxylic acids is 1. The minimum atomic E-state index is -0.918. The number of carbonyl (C=O) groups is 2. The molecule has 1 amide bonds. The van der Waals surface area contributed by atoms with E-state index in [2.05, 4.69) is 16.3 Å². The van der Waals surface area contributed by atoms with Crippen molar-refractivity contribution >= 4 is 23.2 Å². The molecule has 2 heterocycles. The molecule has 0 aliphatic carbocycles. The molecule has 7 heteroatoms. The van der Waals surface area contributed by atoms with Crippen LogP contribution in [0, 0.1) is 0 Å². The highest BCUT2D eigenvalue weighted by Gasteiger charge is 2.25. The Kier molecular flexibility index (Phi) is 5.72. The molecule has 0 spiro atoms. The highest BCUT2D eigenvalue weighted by molar-refractivity contribution is 7.09. The maximum absolute atomic E-state index is 12.1. The van der Waals surface area contributed by atoms with Crippen molar-refractivity contribution in [2.45, 2.75) is 25.4 Å². The summed E-state index contributed by atoms with van der Waals surface area (Å²) in [4.78, 5) is 28.0. The summed E-state index contributed by atoms with van der Waals surface area (Å²) in [5, 5.41) is 10.7. The monoisotopic (exact) mass is 311 g/mol. The van der Waals surface area contributed by atoms with Crippen LogP contribution in [0.1, 0.15) is 17.7 Å². The molecule has 1 aromatic heterocycles. The second kappa shape index (κ2) is 7.53. The van der Waals surface area contributed by atoms with Crippen LogP contribution in [0.3, 0.4) is 0 Å². The van der Waals surface area contributed by atoms with Gasteiger partial charge < -0.3 is 15.7 Å². The topological polar surface area (TPSA) is 86.9 Å². The molecule has 1 aromatic rings. The fourth-order valence-corrected chi connectivity index (χ4v) is 3.13. The SMILES string of the molecule is NC(CCC(=O)O)C(=O)N1CCN(Cc2cccs2)CC1. The first-order valence-corrected chi connectivity index (χ1v) is 7.95. The zero-order valence-corrected chi connectivity index (χ0v) is 12.7. The van der Waals surface area contributed by atoms with Crippen LogP contribution in [0.4, 0.5) is 0 Å². The standard InChI is InChI=1S/C14H21N3O3S/c15-12(3-4-13(18)19)14(20)17-7-5-16(6-8-17)10-11-2-1-9-21-11/h1-2,9,12H,3-8,10,15H2,(H,18,19). The van der Waals surface area contributed by atoms with E-state index >= 15 is 0 Å². The number of hydrogen-bond donors (Lipinski definition) is 2. The minimum Gasteiger partial charge on any atom is -0.481 e. The molecule has 1 aliphatic heterocycles. The molecule has 21 heavy (non-hydrogen) atoms. The first kappa shape index (κ1) is 15.9. The number of nitrogens with zero attached hydrogens (tertiary/aromatic N) is 2. The Bertz CT molecular complexity index is 470. The Morgan fingerprint density at radius 1 is 1.33 bits per heavy atom. The van der Waals surface area contributed by atoms with E-state index < -0.39 is 12.0 Å². The third kappa shape index (κ3) is 4.80. The average Bonchev–Trinajstić information content (AvgIpc) is 2.97. The van der Waals surface area contributed by atoms with Gasteiger partial charge in [0.1, 0.15) is 0 Å². The summed E-state index contributed by atoms with van der Waals surface area (Å²) in [7, 11) is 0. The molecule has 0 aromatic carbocycles. The summed E-state index contributed by atoms with van der Waals surface area (Å²) in [5.74, 6) is -1.05. The Hall–Kier alpha value is -1.44. The molecule has 0 saturated carbocycles. The summed E-state index contributed by atoms with van der Waals surface area (Å²) in [6.45, 7) is 3.89. The fraction of sp³-hybridized carbons (Fsp3) is 0.571. The fourth-order valence-electron chi connectivity index (χ4n) is 2.39. The number of aliphatic carboxylic acids is 1. The zero-order chi connectivity index (χ0) is 15.2. The van der Waals surface area contributed by atoms with E-state index in [4.69, 9.17) is 10.8 Å². The van der Waals surface area contributed by atoms with Gasteiger partial charge in [0.25, 0.3) is 0 Å². The molecule has 1 unspecified atom stereocenters. The predicted molar refractivity (Wildman–Crippen MR) is 81.0 cm³/mol. The zero-order valence-electron chi connectivity index (χ0n) is 11.9. The van der Waals surface area contributed by atoms with Crippen LogP contribution in [0.15, 0.2) is 17.5 Å². The molecule has 3 N–H and O–H groups in total.